The van der Waals surface area contributed by atoms with Crippen LogP contribution in [-0.2, 0) is 6.42 Å². The van der Waals surface area contributed by atoms with Gasteiger partial charge >= 0.3 is 5.97 Å². The highest BCUT2D eigenvalue weighted by Crippen LogP contribution is 2.37. The normalized spacial score (nSPS) is 10.9. The maximum absolute atomic E-state index is 13.6. The van der Waals surface area contributed by atoms with E-state index in [4.69, 9.17) is 9.47 Å². The number of rotatable bonds is 12. The van der Waals surface area contributed by atoms with Crippen molar-refractivity contribution in [3.63, 3.8) is 0 Å². The first kappa shape index (κ1) is 40.3. The number of benzene rings is 9. The molecule has 0 bridgehead atoms. The zero-order valence-electron chi connectivity index (χ0n) is 35.1. The van der Waals surface area contributed by atoms with Crippen LogP contribution in [0.4, 0.5) is 0 Å². The topological polar surface area (TPSA) is 52.6 Å². The van der Waals surface area contributed by atoms with E-state index in [-0.39, 0.29) is 5.78 Å². The Morgan fingerprint density at radius 2 is 0.730 bits per heavy atom. The standard InChI is InChI=1S/C59H44O4/c1-40(60)53-14-9-15-54(39-53)59(61)63-58-35-17-42(38-56(58)52-32-28-50(29-33-52)48-24-20-46(21-25-48)44-12-7-4-8-13-44)36-41-16-34-57(62-2)55(37-41)51-30-26-49(27-31-51)47-22-18-45(19-23-47)43-10-5-3-6-11-43/h3-35,37-39H,36H2,1-2H3. The maximum atomic E-state index is 13.6. The SMILES string of the molecule is COc1ccc(Cc2ccc(OC(=O)c3cccc(C(C)=O)c3)c(-c3ccc(-c4ccc(-c5ccccc5)cc4)cc3)c2)cc1-c1ccc(-c2ccc(-c3ccccc3)cc2)cc1. The quantitative estimate of drug-likeness (QED) is 0.0700. The summed E-state index contributed by atoms with van der Waals surface area (Å²) in [5.74, 6) is 0.581. The van der Waals surface area contributed by atoms with Gasteiger partial charge in [-0.3, -0.25) is 4.79 Å². The zero-order valence-corrected chi connectivity index (χ0v) is 35.1. The Labute approximate surface area is 368 Å². The minimum absolute atomic E-state index is 0.117. The van der Waals surface area contributed by atoms with Gasteiger partial charge in [-0.1, -0.05) is 182 Å². The highest BCUT2D eigenvalue weighted by molar-refractivity contribution is 5.98. The molecule has 0 aliphatic heterocycles. The van der Waals surface area contributed by atoms with E-state index in [1.165, 1.54) is 23.6 Å². The van der Waals surface area contributed by atoms with E-state index in [1.54, 1.807) is 31.4 Å². The van der Waals surface area contributed by atoms with Crippen LogP contribution in [0.15, 0.2) is 218 Å². The number of carbonyl (C=O) groups is 2. The average Bonchev–Trinajstić information content (AvgIpc) is 3.35. The molecule has 0 aliphatic carbocycles. The molecule has 4 nitrogen and oxygen atoms in total. The van der Waals surface area contributed by atoms with Crippen molar-refractivity contribution in [1.29, 1.82) is 0 Å². The van der Waals surface area contributed by atoms with Crippen LogP contribution >= 0.6 is 0 Å². The summed E-state index contributed by atoms with van der Waals surface area (Å²) in [6.07, 6.45) is 0.635. The highest BCUT2D eigenvalue weighted by Gasteiger charge is 2.17. The number of methoxy groups -OCH3 is 1. The van der Waals surface area contributed by atoms with Gasteiger partial charge in [-0.05, 0) is 117 Å². The summed E-state index contributed by atoms with van der Waals surface area (Å²) in [4.78, 5) is 25.7. The van der Waals surface area contributed by atoms with Gasteiger partial charge in [-0.15, -0.1) is 0 Å². The summed E-state index contributed by atoms with van der Waals surface area (Å²) in [6, 6.07) is 73.9. The van der Waals surface area contributed by atoms with Crippen molar-refractivity contribution in [1.82, 2.24) is 0 Å². The van der Waals surface area contributed by atoms with Crippen LogP contribution in [0.25, 0.3) is 66.8 Å². The van der Waals surface area contributed by atoms with Crippen LogP contribution in [0, 0.1) is 0 Å². The Bertz CT molecular complexity index is 3020. The Balaban J connectivity index is 0.995. The van der Waals surface area contributed by atoms with Crippen molar-refractivity contribution in [3.8, 4) is 78.3 Å². The molecule has 0 heterocycles. The molecule has 0 N–H and O–H groups in total. The van der Waals surface area contributed by atoms with Gasteiger partial charge in [-0.25, -0.2) is 4.79 Å². The molecule has 0 saturated carbocycles. The largest absolute Gasteiger partial charge is 0.496 e. The number of ketones is 1. The van der Waals surface area contributed by atoms with Crippen LogP contribution in [0.3, 0.4) is 0 Å². The van der Waals surface area contributed by atoms with Crippen LogP contribution < -0.4 is 9.47 Å². The minimum Gasteiger partial charge on any atom is -0.496 e. The van der Waals surface area contributed by atoms with Gasteiger partial charge in [0.1, 0.15) is 11.5 Å². The smallest absolute Gasteiger partial charge is 0.343 e. The van der Waals surface area contributed by atoms with Crippen molar-refractivity contribution in [2.45, 2.75) is 13.3 Å². The molecule has 0 amide bonds. The number of ether oxygens (including phenoxy) is 2. The Morgan fingerprint density at radius 1 is 0.365 bits per heavy atom. The molecule has 4 heteroatoms. The molecule has 0 saturated heterocycles. The van der Waals surface area contributed by atoms with E-state index in [1.807, 2.05) is 42.5 Å². The fourth-order valence-corrected chi connectivity index (χ4v) is 8.01. The Morgan fingerprint density at radius 3 is 1.14 bits per heavy atom. The first-order valence-corrected chi connectivity index (χ1v) is 21.0. The second-order valence-electron chi connectivity index (χ2n) is 15.6. The summed E-state index contributed by atoms with van der Waals surface area (Å²) in [6.45, 7) is 1.48. The molecule has 9 aromatic rings. The lowest BCUT2D eigenvalue weighted by molar-refractivity contribution is 0.0735. The van der Waals surface area contributed by atoms with Crippen molar-refractivity contribution in [2.75, 3.05) is 7.11 Å². The number of Topliss-reactive ketones (excluding diaryl/α,β-unsaturated/α-hetero) is 1. The van der Waals surface area contributed by atoms with Gasteiger partial charge in [0.15, 0.2) is 5.78 Å². The fraction of sp³-hybridized carbons (Fsp3) is 0.0508. The van der Waals surface area contributed by atoms with Gasteiger partial charge in [0, 0.05) is 16.7 Å². The van der Waals surface area contributed by atoms with Gasteiger partial charge in [0.2, 0.25) is 0 Å². The molecule has 0 aromatic heterocycles. The van der Waals surface area contributed by atoms with Gasteiger partial charge in [0.05, 0.1) is 12.7 Å². The number of hydrogen-bond acceptors (Lipinski definition) is 4. The predicted octanol–water partition coefficient (Wildman–Crippen LogP) is 14.7. The van der Waals surface area contributed by atoms with Crippen molar-refractivity contribution in [2.24, 2.45) is 0 Å². The third-order valence-corrected chi connectivity index (χ3v) is 11.5. The molecule has 0 spiro atoms. The molecule has 0 unspecified atom stereocenters. The van der Waals surface area contributed by atoms with Crippen LogP contribution in [0.2, 0.25) is 0 Å². The van der Waals surface area contributed by atoms with Gasteiger partial charge in [0.25, 0.3) is 0 Å². The van der Waals surface area contributed by atoms with Gasteiger partial charge < -0.3 is 9.47 Å². The molecule has 0 aliphatic rings. The number of esters is 1. The van der Waals surface area contributed by atoms with Crippen molar-refractivity contribution < 1.29 is 19.1 Å². The molecule has 0 fully saturated rings. The third-order valence-electron chi connectivity index (χ3n) is 11.5. The van der Waals surface area contributed by atoms with E-state index in [9.17, 15) is 9.59 Å². The molecule has 9 aromatic carbocycles. The molecule has 0 atom stereocenters. The fourth-order valence-electron chi connectivity index (χ4n) is 8.01. The van der Waals surface area contributed by atoms with Crippen molar-refractivity contribution >= 4 is 11.8 Å². The van der Waals surface area contributed by atoms with Crippen LogP contribution in [0.5, 0.6) is 11.5 Å². The summed E-state index contributed by atoms with van der Waals surface area (Å²) in [5.41, 5.74) is 15.9. The molecular formula is C59H44O4. The van der Waals surface area contributed by atoms with E-state index < -0.39 is 5.97 Å². The molecule has 0 radical (unpaired) electrons. The second kappa shape index (κ2) is 18.3. The summed E-state index contributed by atoms with van der Waals surface area (Å²) in [5, 5.41) is 0. The Kier molecular flexibility index (Phi) is 11.7. The first-order valence-electron chi connectivity index (χ1n) is 21.0. The molecule has 9 rings (SSSR count). The molecular weight excluding hydrogens is 773 g/mol. The first-order chi connectivity index (χ1) is 30.9. The lowest BCUT2D eigenvalue weighted by atomic mass is 9.94. The number of carbonyl (C=O) groups excluding carboxylic acids is 2. The van der Waals surface area contributed by atoms with Crippen LogP contribution in [-0.4, -0.2) is 18.9 Å². The van der Waals surface area contributed by atoms with Crippen LogP contribution in [0.1, 0.15) is 38.8 Å². The molecule has 304 valence electrons. The van der Waals surface area contributed by atoms with Crippen molar-refractivity contribution in [3.05, 3.63) is 241 Å². The third kappa shape index (κ3) is 9.17. The maximum Gasteiger partial charge on any atom is 0.343 e. The lowest BCUT2D eigenvalue weighted by Crippen LogP contribution is -2.10. The minimum atomic E-state index is -0.530. The summed E-state index contributed by atoms with van der Waals surface area (Å²) >= 11 is 0. The highest BCUT2D eigenvalue weighted by atomic mass is 16.5. The van der Waals surface area contributed by atoms with E-state index in [0.29, 0.717) is 23.3 Å². The lowest BCUT2D eigenvalue weighted by Gasteiger charge is -2.15. The zero-order chi connectivity index (χ0) is 43.1. The summed E-state index contributed by atoms with van der Waals surface area (Å²) in [7, 11) is 1.70. The summed E-state index contributed by atoms with van der Waals surface area (Å²) < 4.78 is 12.0. The Hall–Kier alpha value is -8.08. The van der Waals surface area contributed by atoms with E-state index in [0.717, 1.165) is 66.9 Å². The van der Waals surface area contributed by atoms with Gasteiger partial charge in [-0.2, -0.15) is 0 Å². The monoisotopic (exact) mass is 816 g/mol. The molecule has 63 heavy (non-hydrogen) atoms. The average molecular weight is 817 g/mol. The number of hydrogen-bond donors (Lipinski definition) is 0. The predicted molar refractivity (Wildman–Crippen MR) is 256 cm³/mol. The van der Waals surface area contributed by atoms with E-state index in [2.05, 4.69) is 152 Å². The second-order valence-corrected chi connectivity index (χ2v) is 15.6. The van der Waals surface area contributed by atoms with E-state index >= 15 is 0 Å².